The predicted molar refractivity (Wildman–Crippen MR) is 92.8 cm³/mol. The Bertz CT molecular complexity index is 596. The van der Waals surface area contributed by atoms with Crippen molar-refractivity contribution in [2.24, 2.45) is 23.2 Å². The summed E-state index contributed by atoms with van der Waals surface area (Å²) in [4.78, 5) is 0. The molecule has 0 spiro atoms. The van der Waals surface area contributed by atoms with Crippen molar-refractivity contribution in [1.29, 1.82) is 0 Å². The molecule has 4 rings (SSSR count). The fraction of sp³-hybridized carbons (Fsp3) is 0.714. The summed E-state index contributed by atoms with van der Waals surface area (Å²) in [6, 6.07) is 6.74. The smallest absolute Gasteiger partial charge is 0.119 e. The summed E-state index contributed by atoms with van der Waals surface area (Å²) < 4.78 is 5.44. The summed E-state index contributed by atoms with van der Waals surface area (Å²) >= 11 is 0. The van der Waals surface area contributed by atoms with Gasteiger partial charge in [0, 0.05) is 0 Å². The number of aryl methyl sites for hydroxylation is 1. The molecule has 1 N–H and O–H groups in total. The molecule has 1 aromatic carbocycles. The highest BCUT2D eigenvalue weighted by atomic mass is 16.5. The maximum atomic E-state index is 10.6. The molecule has 126 valence electrons. The Balaban J connectivity index is 1.75. The SMILES string of the molecule is CC[C@H]1C[C@@]2(C)[C@H](CC[C@@H]2O)[C@@H]2CCc3cc(OC)ccc3[C@@H]12. The van der Waals surface area contributed by atoms with Crippen LogP contribution >= 0.6 is 0 Å². The Kier molecular flexibility index (Phi) is 3.72. The van der Waals surface area contributed by atoms with Crippen LogP contribution in [0.2, 0.25) is 0 Å². The third-order valence-electron chi connectivity index (χ3n) is 7.53. The van der Waals surface area contributed by atoms with E-state index in [2.05, 4.69) is 32.0 Å². The molecular weight excluding hydrogens is 284 g/mol. The van der Waals surface area contributed by atoms with Crippen LogP contribution in [-0.4, -0.2) is 18.3 Å². The minimum absolute atomic E-state index is 0.0836. The van der Waals surface area contributed by atoms with E-state index in [1.54, 1.807) is 12.7 Å². The molecule has 0 aromatic heterocycles. The van der Waals surface area contributed by atoms with Crippen molar-refractivity contribution in [3.63, 3.8) is 0 Å². The summed E-state index contributed by atoms with van der Waals surface area (Å²) in [6.45, 7) is 4.71. The maximum absolute atomic E-state index is 10.6. The Morgan fingerprint density at radius 3 is 2.83 bits per heavy atom. The molecule has 3 aliphatic rings. The number of hydrogen-bond donors (Lipinski definition) is 1. The zero-order valence-corrected chi connectivity index (χ0v) is 14.7. The Morgan fingerprint density at radius 2 is 2.09 bits per heavy atom. The largest absolute Gasteiger partial charge is 0.497 e. The van der Waals surface area contributed by atoms with Crippen LogP contribution in [0.1, 0.15) is 63.0 Å². The van der Waals surface area contributed by atoms with Gasteiger partial charge < -0.3 is 9.84 Å². The molecule has 3 aliphatic carbocycles. The van der Waals surface area contributed by atoms with Crippen LogP contribution in [0.15, 0.2) is 18.2 Å². The minimum atomic E-state index is -0.0836. The van der Waals surface area contributed by atoms with Crippen molar-refractivity contribution < 1.29 is 9.84 Å². The molecule has 2 nitrogen and oxygen atoms in total. The van der Waals surface area contributed by atoms with E-state index < -0.39 is 0 Å². The number of aliphatic hydroxyl groups excluding tert-OH is 1. The Morgan fingerprint density at radius 1 is 1.26 bits per heavy atom. The summed E-state index contributed by atoms with van der Waals surface area (Å²) in [6.07, 6.45) is 7.03. The number of aliphatic hydroxyl groups is 1. The van der Waals surface area contributed by atoms with Crippen LogP contribution in [0, 0.1) is 23.2 Å². The van der Waals surface area contributed by atoms with Gasteiger partial charge in [-0.15, -0.1) is 0 Å². The second-order valence-electron chi connectivity index (χ2n) is 8.37. The first kappa shape index (κ1) is 15.5. The highest BCUT2D eigenvalue weighted by Gasteiger charge is 2.57. The standard InChI is InChI=1S/C21H30O2/c1-4-13-12-21(2)18(9-10-19(21)22)17-7-5-14-11-15(23-3)6-8-16(14)20(13)17/h6,8,11,13,17-20,22H,4-5,7,9-10,12H2,1-3H3/t13-,17-,18+,19-,20+,21-/m0/s1. The average molecular weight is 314 g/mol. The Labute approximate surface area is 140 Å². The summed E-state index contributed by atoms with van der Waals surface area (Å²) in [5.41, 5.74) is 3.25. The van der Waals surface area contributed by atoms with Crippen LogP contribution < -0.4 is 4.74 Å². The van der Waals surface area contributed by atoms with Crippen molar-refractivity contribution in [3.8, 4) is 5.75 Å². The van der Waals surface area contributed by atoms with Gasteiger partial charge in [-0.3, -0.25) is 0 Å². The molecule has 0 aliphatic heterocycles. The van der Waals surface area contributed by atoms with Gasteiger partial charge >= 0.3 is 0 Å². The summed E-state index contributed by atoms with van der Waals surface area (Å²) in [5.74, 6) is 3.86. The zero-order chi connectivity index (χ0) is 16.2. The van der Waals surface area contributed by atoms with E-state index >= 15 is 0 Å². The number of rotatable bonds is 2. The van der Waals surface area contributed by atoms with Crippen molar-refractivity contribution >= 4 is 0 Å². The van der Waals surface area contributed by atoms with Crippen LogP contribution in [0.25, 0.3) is 0 Å². The monoisotopic (exact) mass is 314 g/mol. The lowest BCUT2D eigenvalue weighted by Gasteiger charge is -2.53. The highest BCUT2D eigenvalue weighted by Crippen LogP contribution is 2.63. The number of fused-ring (bicyclic) bond motifs is 5. The van der Waals surface area contributed by atoms with Gasteiger partial charge in [-0.05, 0) is 84.5 Å². The molecule has 0 radical (unpaired) electrons. The van der Waals surface area contributed by atoms with E-state index in [0.717, 1.165) is 18.1 Å². The molecule has 0 bridgehead atoms. The van der Waals surface area contributed by atoms with Crippen LogP contribution in [0.3, 0.4) is 0 Å². The average Bonchev–Trinajstić information content (AvgIpc) is 2.88. The molecule has 6 atom stereocenters. The molecule has 1 aromatic rings. The number of methoxy groups -OCH3 is 1. The van der Waals surface area contributed by atoms with Crippen molar-refractivity contribution in [3.05, 3.63) is 29.3 Å². The maximum Gasteiger partial charge on any atom is 0.119 e. The molecule has 0 saturated heterocycles. The molecule has 23 heavy (non-hydrogen) atoms. The predicted octanol–water partition coefficient (Wildman–Crippen LogP) is 4.55. The highest BCUT2D eigenvalue weighted by molar-refractivity contribution is 5.41. The van der Waals surface area contributed by atoms with Gasteiger partial charge in [0.05, 0.1) is 13.2 Å². The molecule has 0 amide bonds. The first-order valence-electron chi connectivity index (χ1n) is 9.43. The lowest BCUT2D eigenvalue weighted by atomic mass is 9.51. The number of ether oxygens (including phenoxy) is 1. The van der Waals surface area contributed by atoms with Gasteiger partial charge in [0.15, 0.2) is 0 Å². The third-order valence-corrected chi connectivity index (χ3v) is 7.53. The first-order valence-corrected chi connectivity index (χ1v) is 9.43. The first-order chi connectivity index (χ1) is 11.1. The fourth-order valence-corrected chi connectivity index (χ4v) is 6.36. The third kappa shape index (κ3) is 2.17. The van der Waals surface area contributed by atoms with Gasteiger partial charge in [0.1, 0.15) is 5.75 Å². The molecular formula is C21H30O2. The topological polar surface area (TPSA) is 29.5 Å². The van der Waals surface area contributed by atoms with Crippen LogP contribution in [-0.2, 0) is 6.42 Å². The second kappa shape index (κ2) is 5.51. The summed E-state index contributed by atoms with van der Waals surface area (Å²) in [5, 5.41) is 10.6. The van der Waals surface area contributed by atoms with Crippen molar-refractivity contribution in [2.75, 3.05) is 7.11 Å². The van der Waals surface area contributed by atoms with E-state index in [0.29, 0.717) is 17.8 Å². The van der Waals surface area contributed by atoms with E-state index in [1.807, 2.05) is 0 Å². The van der Waals surface area contributed by atoms with Gasteiger partial charge in [0.25, 0.3) is 0 Å². The molecule has 0 unspecified atom stereocenters. The van der Waals surface area contributed by atoms with E-state index in [-0.39, 0.29) is 11.5 Å². The van der Waals surface area contributed by atoms with Gasteiger partial charge in [0.2, 0.25) is 0 Å². The van der Waals surface area contributed by atoms with Crippen molar-refractivity contribution in [2.45, 2.75) is 64.4 Å². The van der Waals surface area contributed by atoms with Gasteiger partial charge in [-0.2, -0.15) is 0 Å². The van der Waals surface area contributed by atoms with Crippen molar-refractivity contribution in [1.82, 2.24) is 0 Å². The van der Waals surface area contributed by atoms with E-state index in [4.69, 9.17) is 4.74 Å². The van der Waals surface area contributed by atoms with Gasteiger partial charge in [-0.25, -0.2) is 0 Å². The number of benzene rings is 1. The molecule has 2 saturated carbocycles. The number of hydrogen-bond acceptors (Lipinski definition) is 2. The molecule has 0 heterocycles. The normalized spacial score (nSPS) is 41.8. The zero-order valence-electron chi connectivity index (χ0n) is 14.7. The minimum Gasteiger partial charge on any atom is -0.497 e. The van der Waals surface area contributed by atoms with Crippen LogP contribution in [0.5, 0.6) is 5.75 Å². The molecule has 2 heteroatoms. The van der Waals surface area contributed by atoms with E-state index in [9.17, 15) is 5.11 Å². The Hall–Kier alpha value is -1.02. The molecule has 2 fully saturated rings. The quantitative estimate of drug-likeness (QED) is 0.868. The fourth-order valence-electron chi connectivity index (χ4n) is 6.36. The summed E-state index contributed by atoms with van der Waals surface area (Å²) in [7, 11) is 1.76. The van der Waals surface area contributed by atoms with E-state index in [1.165, 1.54) is 37.7 Å². The van der Waals surface area contributed by atoms with Gasteiger partial charge in [-0.1, -0.05) is 26.3 Å². The lowest BCUT2D eigenvalue weighted by molar-refractivity contribution is -0.0487. The lowest BCUT2D eigenvalue weighted by Crippen LogP contribution is -2.47. The van der Waals surface area contributed by atoms with Crippen LogP contribution in [0.4, 0.5) is 0 Å². The second-order valence-corrected chi connectivity index (χ2v) is 8.37.